The van der Waals surface area contributed by atoms with Gasteiger partial charge in [-0.05, 0) is 23.8 Å². The van der Waals surface area contributed by atoms with Crippen LogP contribution in [0.25, 0.3) is 0 Å². The molecular formula is C20H23ClN2O5. The third-order valence-electron chi connectivity index (χ3n) is 4.18. The number of benzene rings is 2. The van der Waals surface area contributed by atoms with Gasteiger partial charge in [0.15, 0.2) is 0 Å². The fourth-order valence-electron chi connectivity index (χ4n) is 2.55. The first-order valence-corrected chi connectivity index (χ1v) is 8.30. The molecule has 150 valence electrons. The number of ether oxygens (including phenoxy) is 2. The molecule has 7 nitrogen and oxygen atoms in total. The summed E-state index contributed by atoms with van der Waals surface area (Å²) in [5.74, 6) is -2.16. The zero-order chi connectivity index (χ0) is 20.0. The molecule has 2 aromatic carbocycles. The molecule has 2 atom stereocenters. The zero-order valence-corrected chi connectivity index (χ0v) is 16.6. The Kier molecular flexibility index (Phi) is 8.63. The second-order valence-electron chi connectivity index (χ2n) is 6.00. The lowest BCUT2D eigenvalue weighted by molar-refractivity contribution is -0.120. The normalized spacial score (nSPS) is 12.1. The average Bonchev–Trinajstić information content (AvgIpc) is 2.71. The first-order chi connectivity index (χ1) is 12.9. The van der Waals surface area contributed by atoms with Gasteiger partial charge in [0.25, 0.3) is 0 Å². The number of methoxy groups -OCH3 is 2. The van der Waals surface area contributed by atoms with Gasteiger partial charge in [-0.15, -0.1) is 12.4 Å². The average molecular weight is 407 g/mol. The smallest absolute Gasteiger partial charge is 0.337 e. The molecule has 0 saturated carbocycles. The van der Waals surface area contributed by atoms with E-state index in [0.29, 0.717) is 0 Å². The number of anilines is 1. The van der Waals surface area contributed by atoms with Gasteiger partial charge in [-0.1, -0.05) is 37.3 Å². The van der Waals surface area contributed by atoms with Crippen LogP contribution in [-0.4, -0.2) is 32.1 Å². The number of amides is 1. The van der Waals surface area contributed by atoms with Crippen LogP contribution in [0.4, 0.5) is 5.69 Å². The molecule has 0 bridgehead atoms. The second kappa shape index (κ2) is 10.4. The highest BCUT2D eigenvalue weighted by Crippen LogP contribution is 2.22. The van der Waals surface area contributed by atoms with Crippen molar-refractivity contribution in [2.75, 3.05) is 19.5 Å². The summed E-state index contributed by atoms with van der Waals surface area (Å²) in [5, 5.41) is 2.70. The van der Waals surface area contributed by atoms with Crippen molar-refractivity contribution in [1.29, 1.82) is 0 Å². The Balaban J connectivity index is 0.00000392. The predicted octanol–water partition coefficient (Wildman–Crippen LogP) is 2.96. The number of rotatable bonds is 6. The molecule has 2 unspecified atom stereocenters. The number of carbonyl (C=O) groups excluding carboxylic acids is 3. The number of carbonyl (C=O) groups is 3. The summed E-state index contributed by atoms with van der Waals surface area (Å²) >= 11 is 0. The molecule has 0 aliphatic rings. The molecule has 0 aromatic heterocycles. The van der Waals surface area contributed by atoms with Gasteiger partial charge in [-0.25, -0.2) is 9.59 Å². The van der Waals surface area contributed by atoms with Crippen molar-refractivity contribution >= 4 is 35.9 Å². The lowest BCUT2D eigenvalue weighted by Gasteiger charge is -2.20. The van der Waals surface area contributed by atoms with Crippen LogP contribution in [0.2, 0.25) is 0 Å². The Morgan fingerprint density at radius 1 is 0.929 bits per heavy atom. The van der Waals surface area contributed by atoms with Crippen molar-refractivity contribution in [3.05, 3.63) is 65.2 Å². The number of hydrogen-bond acceptors (Lipinski definition) is 6. The summed E-state index contributed by atoms with van der Waals surface area (Å²) in [6.07, 6.45) is 0. The molecule has 8 heteroatoms. The lowest BCUT2D eigenvalue weighted by atomic mass is 9.94. The molecule has 0 aliphatic carbocycles. The Labute approximate surface area is 169 Å². The summed E-state index contributed by atoms with van der Waals surface area (Å²) in [6.45, 7) is 1.71. The maximum atomic E-state index is 12.6. The minimum Gasteiger partial charge on any atom is -0.465 e. The van der Waals surface area contributed by atoms with E-state index >= 15 is 0 Å². The third kappa shape index (κ3) is 5.55. The fourth-order valence-corrected chi connectivity index (χ4v) is 2.55. The highest BCUT2D eigenvalue weighted by atomic mass is 35.5. The summed E-state index contributed by atoms with van der Waals surface area (Å²) in [5.41, 5.74) is 7.53. The highest BCUT2D eigenvalue weighted by Gasteiger charge is 2.23. The fraction of sp³-hybridized carbons (Fsp3) is 0.250. The number of nitrogens with two attached hydrogens (primary N) is 1. The van der Waals surface area contributed by atoms with Gasteiger partial charge in [0, 0.05) is 11.7 Å². The molecule has 0 spiro atoms. The van der Waals surface area contributed by atoms with E-state index in [1.54, 1.807) is 6.92 Å². The summed E-state index contributed by atoms with van der Waals surface area (Å²) in [6, 6.07) is 13.0. The first kappa shape index (κ1) is 23.1. The van der Waals surface area contributed by atoms with Crippen molar-refractivity contribution < 1.29 is 23.9 Å². The molecule has 0 aliphatic heterocycles. The molecule has 3 N–H and O–H groups in total. The van der Waals surface area contributed by atoms with Crippen LogP contribution in [0.3, 0.4) is 0 Å². The van der Waals surface area contributed by atoms with E-state index in [0.717, 1.165) is 5.56 Å². The molecule has 1 amide bonds. The van der Waals surface area contributed by atoms with Crippen LogP contribution in [0, 0.1) is 5.92 Å². The summed E-state index contributed by atoms with van der Waals surface area (Å²) < 4.78 is 9.37. The standard InChI is InChI=1S/C20H22N2O5.ClH/c1-12(17(21)13-7-5-4-6-8-13)18(23)22-16-10-14(19(24)26-2)9-15(11-16)20(25)27-3;/h4-12,17H,21H2,1-3H3,(H,22,23);1H. The predicted molar refractivity (Wildman–Crippen MR) is 108 cm³/mol. The quantitative estimate of drug-likeness (QED) is 0.714. The van der Waals surface area contributed by atoms with E-state index in [1.165, 1.54) is 32.4 Å². The minimum atomic E-state index is -0.634. The van der Waals surface area contributed by atoms with Crippen LogP contribution >= 0.6 is 12.4 Å². The van der Waals surface area contributed by atoms with E-state index < -0.39 is 23.9 Å². The van der Waals surface area contributed by atoms with Crippen molar-refractivity contribution in [3.8, 4) is 0 Å². The van der Waals surface area contributed by atoms with Gasteiger partial charge in [0.05, 0.1) is 31.3 Å². The van der Waals surface area contributed by atoms with Crippen LogP contribution in [0.5, 0.6) is 0 Å². The lowest BCUT2D eigenvalue weighted by Crippen LogP contribution is -2.30. The maximum absolute atomic E-state index is 12.6. The van der Waals surface area contributed by atoms with Crippen LogP contribution < -0.4 is 11.1 Å². The SMILES string of the molecule is COC(=O)c1cc(NC(=O)C(C)C(N)c2ccccc2)cc(C(=O)OC)c1.Cl. The highest BCUT2D eigenvalue weighted by molar-refractivity contribution is 6.00. The van der Waals surface area contributed by atoms with Gasteiger partial charge in [0.2, 0.25) is 5.91 Å². The zero-order valence-electron chi connectivity index (χ0n) is 15.8. The summed E-state index contributed by atoms with van der Waals surface area (Å²) in [4.78, 5) is 36.3. The van der Waals surface area contributed by atoms with Crippen LogP contribution in [0.1, 0.15) is 39.2 Å². The number of halogens is 1. The number of esters is 2. The second-order valence-corrected chi connectivity index (χ2v) is 6.00. The van der Waals surface area contributed by atoms with E-state index in [9.17, 15) is 14.4 Å². The summed E-state index contributed by atoms with van der Waals surface area (Å²) in [7, 11) is 2.46. The monoisotopic (exact) mass is 406 g/mol. The number of hydrogen-bond donors (Lipinski definition) is 2. The van der Waals surface area contributed by atoms with Gasteiger partial charge in [0.1, 0.15) is 0 Å². The molecule has 28 heavy (non-hydrogen) atoms. The Bertz CT molecular complexity index is 807. The Hall–Kier alpha value is -2.90. The number of nitrogens with one attached hydrogen (secondary N) is 1. The third-order valence-corrected chi connectivity index (χ3v) is 4.18. The topological polar surface area (TPSA) is 108 Å². The van der Waals surface area contributed by atoms with Crippen molar-refractivity contribution in [2.45, 2.75) is 13.0 Å². The molecule has 0 fully saturated rings. The van der Waals surface area contributed by atoms with E-state index in [1.807, 2.05) is 30.3 Å². The van der Waals surface area contributed by atoms with Gasteiger partial charge in [-0.3, -0.25) is 4.79 Å². The molecule has 2 aromatic rings. The van der Waals surface area contributed by atoms with Crippen LogP contribution in [0.15, 0.2) is 48.5 Å². The molecule has 0 radical (unpaired) electrons. The van der Waals surface area contributed by atoms with E-state index in [2.05, 4.69) is 14.8 Å². The molecular weight excluding hydrogens is 384 g/mol. The van der Waals surface area contributed by atoms with Gasteiger partial charge in [-0.2, -0.15) is 0 Å². The Morgan fingerprint density at radius 3 is 1.89 bits per heavy atom. The molecule has 0 heterocycles. The molecule has 0 saturated heterocycles. The first-order valence-electron chi connectivity index (χ1n) is 8.30. The Morgan fingerprint density at radius 2 is 1.43 bits per heavy atom. The van der Waals surface area contributed by atoms with Gasteiger partial charge >= 0.3 is 11.9 Å². The van der Waals surface area contributed by atoms with Crippen molar-refractivity contribution in [1.82, 2.24) is 0 Å². The minimum absolute atomic E-state index is 0. The van der Waals surface area contributed by atoms with E-state index in [4.69, 9.17) is 5.73 Å². The largest absolute Gasteiger partial charge is 0.465 e. The van der Waals surface area contributed by atoms with E-state index in [-0.39, 0.29) is 35.1 Å². The van der Waals surface area contributed by atoms with Crippen LogP contribution in [-0.2, 0) is 14.3 Å². The maximum Gasteiger partial charge on any atom is 0.337 e. The van der Waals surface area contributed by atoms with Crippen molar-refractivity contribution in [2.24, 2.45) is 11.7 Å². The molecule has 2 rings (SSSR count). The van der Waals surface area contributed by atoms with Crippen molar-refractivity contribution in [3.63, 3.8) is 0 Å². The van der Waals surface area contributed by atoms with Gasteiger partial charge < -0.3 is 20.5 Å².